The van der Waals surface area contributed by atoms with E-state index in [1.54, 1.807) is 0 Å². The minimum absolute atomic E-state index is 0.689. The lowest BCUT2D eigenvalue weighted by molar-refractivity contribution is -0.967. The van der Waals surface area contributed by atoms with Crippen LogP contribution in [0.2, 0.25) is 0 Å². The number of hydrogen-bond acceptors (Lipinski definition) is 0. The van der Waals surface area contributed by atoms with Gasteiger partial charge in [0.15, 0.2) is 46.5 Å². The van der Waals surface area contributed by atoms with Gasteiger partial charge in [-0.3, -0.25) is 0 Å². The van der Waals surface area contributed by atoms with Crippen LogP contribution in [0.15, 0.2) is 24.3 Å². The molecule has 0 atom stereocenters. The van der Waals surface area contributed by atoms with Gasteiger partial charge in [-0.05, 0) is 53.4 Å². The number of rotatable bonds is 7. The van der Waals surface area contributed by atoms with E-state index in [4.69, 9.17) is 0 Å². The number of hydrogen-bond donors (Lipinski definition) is 1. The largest absolute Gasteiger partial charge is 0.329 e. The van der Waals surface area contributed by atoms with Crippen molar-refractivity contribution in [2.45, 2.75) is 77.9 Å². The Labute approximate surface area is 298 Å². The van der Waals surface area contributed by atoms with E-state index >= 15 is 35.1 Å². The number of quaternary nitrogens is 1. The molecule has 0 aliphatic heterocycles. The van der Waals surface area contributed by atoms with Gasteiger partial charge in [0, 0.05) is 24.3 Å². The Balaban J connectivity index is 0.000000422. The van der Waals surface area contributed by atoms with Crippen LogP contribution in [0.25, 0.3) is 0 Å². The number of benzene rings is 4. The van der Waals surface area contributed by atoms with Gasteiger partial charge in [-0.25, -0.2) is 70.2 Å². The lowest BCUT2D eigenvalue weighted by Gasteiger charge is -2.44. The molecule has 0 unspecified atom stereocenters. The lowest BCUT2D eigenvalue weighted by Crippen LogP contribution is -3.21. The molecule has 0 bridgehead atoms. The van der Waals surface area contributed by atoms with Crippen LogP contribution in [0, 0.1) is 93.1 Å². The van der Waals surface area contributed by atoms with Gasteiger partial charge in [0.2, 0.25) is 0 Å². The van der Waals surface area contributed by atoms with Crippen LogP contribution in [0.3, 0.4) is 0 Å². The van der Waals surface area contributed by atoms with Crippen LogP contribution in [0.5, 0.6) is 0 Å². The molecule has 1 aliphatic carbocycles. The van der Waals surface area contributed by atoms with Crippen molar-refractivity contribution < 1.29 is 75.1 Å². The van der Waals surface area contributed by atoms with Gasteiger partial charge < -0.3 is 4.90 Å². The maximum absolute atomic E-state index is 15.3. The molecule has 4 aromatic rings. The monoisotopic (exact) mass is 791 g/mol. The zero-order valence-electron chi connectivity index (χ0n) is 28.7. The molecule has 1 N–H and O–H groups in total. The average molecular weight is 791 g/mol. The minimum Gasteiger partial charge on any atom is -0.329 e. The molecule has 54 heavy (non-hydrogen) atoms. The first-order chi connectivity index (χ1) is 25.1. The van der Waals surface area contributed by atoms with Crippen LogP contribution in [-0.4, -0.2) is 24.3 Å². The van der Waals surface area contributed by atoms with E-state index in [1.807, 2.05) is 4.90 Å². The molecule has 1 nitrogen and oxygen atoms in total. The molecule has 0 amide bonds. The summed E-state index contributed by atoms with van der Waals surface area (Å²) in [6.45, 7) is 9.46. The molecule has 18 heteroatoms. The molecule has 0 heterocycles. The summed E-state index contributed by atoms with van der Waals surface area (Å²) in [5, 5.41) is 0. The molecule has 1 aliphatic rings. The van der Waals surface area contributed by atoms with Crippen molar-refractivity contribution in [1.29, 1.82) is 0 Å². The van der Waals surface area contributed by atoms with Crippen molar-refractivity contribution >= 4 is 28.0 Å². The van der Waals surface area contributed by atoms with Gasteiger partial charge in [-0.15, -0.1) is 21.9 Å². The Morgan fingerprint density at radius 2 is 0.593 bits per heavy atom. The van der Waals surface area contributed by atoms with Crippen LogP contribution in [-0.2, 0) is 0 Å². The zero-order valence-corrected chi connectivity index (χ0v) is 28.7. The summed E-state index contributed by atoms with van der Waals surface area (Å²) in [7, 11) is 0. The second-order valence-electron chi connectivity index (χ2n) is 13.5. The molecule has 0 spiro atoms. The maximum Gasteiger partial charge on any atom is 0.158 e. The summed E-state index contributed by atoms with van der Waals surface area (Å²) in [5.41, 5.74) is -12.0. The second kappa shape index (κ2) is 16.3. The van der Waals surface area contributed by atoms with Crippen molar-refractivity contribution in [1.82, 2.24) is 0 Å². The van der Waals surface area contributed by atoms with Crippen LogP contribution in [0.4, 0.5) is 70.2 Å². The highest BCUT2D eigenvalue weighted by Gasteiger charge is 2.50. The quantitative estimate of drug-likeness (QED) is 0.114. The topological polar surface area (TPSA) is 4.44 Å². The Hall–Kier alpha value is -4.22. The first-order valence-electron chi connectivity index (χ1n) is 16.5. The van der Waals surface area contributed by atoms with E-state index in [-0.39, 0.29) is 0 Å². The smallest absolute Gasteiger partial charge is 0.158 e. The summed E-state index contributed by atoms with van der Waals surface area (Å²) in [6, 6.07) is -0.214. The van der Waals surface area contributed by atoms with Crippen LogP contribution in [0.1, 0.15) is 59.8 Å². The third-order valence-corrected chi connectivity index (χ3v) is 9.72. The zero-order chi connectivity index (χ0) is 40.7. The Morgan fingerprint density at radius 3 is 0.778 bits per heavy atom. The Morgan fingerprint density at radius 1 is 0.389 bits per heavy atom. The first-order valence-corrected chi connectivity index (χ1v) is 16.5. The van der Waals surface area contributed by atoms with Gasteiger partial charge >= 0.3 is 0 Å². The maximum atomic E-state index is 15.3. The summed E-state index contributed by atoms with van der Waals surface area (Å²) < 4.78 is 238. The Kier molecular flexibility index (Phi) is 12.8. The van der Waals surface area contributed by atoms with E-state index < -0.39 is 145 Å². The van der Waals surface area contributed by atoms with Crippen molar-refractivity contribution in [3.05, 3.63) is 117 Å². The van der Waals surface area contributed by atoms with E-state index in [0.717, 1.165) is 18.1 Å². The predicted octanol–water partition coefficient (Wildman–Crippen LogP) is 7.31. The SMILES string of the molecule is CC(C)[NH+](C(C)C)C1CCCCC1.Fc1cc(F)c(F)c([B-](c2c(F)c(F)cc(F)c2F)(c2c(F)c(F)cc(F)c2F)c2c(F)c(F)cc(F)c2F)c1F. The number of halogens is 16. The molecular weight excluding hydrogens is 761 g/mol. The summed E-state index contributed by atoms with van der Waals surface area (Å²) in [5.74, 6) is -46.2. The fourth-order valence-corrected chi connectivity index (χ4v) is 7.80. The van der Waals surface area contributed by atoms with Crippen molar-refractivity contribution in [2.75, 3.05) is 0 Å². The predicted molar refractivity (Wildman–Crippen MR) is 167 cm³/mol. The highest BCUT2D eigenvalue weighted by Crippen LogP contribution is 2.28. The molecule has 5 rings (SSSR count). The van der Waals surface area contributed by atoms with Crippen molar-refractivity contribution in [2.24, 2.45) is 0 Å². The molecule has 0 aromatic heterocycles. The molecule has 0 saturated heterocycles. The second-order valence-corrected chi connectivity index (χ2v) is 13.5. The number of nitrogens with one attached hydrogen (secondary N) is 1. The van der Waals surface area contributed by atoms with Crippen molar-refractivity contribution in [3.63, 3.8) is 0 Å². The fraction of sp³-hybridized carbons (Fsp3) is 0.333. The Bertz CT molecular complexity index is 1690. The third-order valence-electron chi connectivity index (χ3n) is 9.72. The first kappa shape index (κ1) is 42.5. The molecule has 1 saturated carbocycles. The van der Waals surface area contributed by atoms with E-state index in [2.05, 4.69) is 27.7 Å². The van der Waals surface area contributed by atoms with Crippen LogP contribution < -0.4 is 26.8 Å². The minimum atomic E-state index is -6.49. The third kappa shape index (κ3) is 7.29. The molecule has 294 valence electrons. The standard InChI is InChI=1S/C24H4BF16.C12H25N/c26-5-1-6(27)18(35)13(17(5)34)25(14-19(36)7(28)2-8(29)20(14)37,15-21(38)9(30)3-10(31)22(15)39)16-23(40)11(32)4-12(33)24(16)41;1-10(2)13(11(3)4)12-8-6-5-7-9-12/h1-4H;10-12H,5-9H2,1-4H3/q-1;/p+1. The molecule has 1 fully saturated rings. The highest BCUT2D eigenvalue weighted by molar-refractivity contribution is 7.20. The van der Waals surface area contributed by atoms with Crippen molar-refractivity contribution in [3.8, 4) is 0 Å². The molecular formula is C36H30BF16N. The van der Waals surface area contributed by atoms with E-state index in [9.17, 15) is 35.1 Å². The normalized spacial score (nSPS) is 14.0. The van der Waals surface area contributed by atoms with Crippen LogP contribution >= 0.6 is 0 Å². The highest BCUT2D eigenvalue weighted by atomic mass is 19.2. The molecule has 0 radical (unpaired) electrons. The fourth-order valence-electron chi connectivity index (χ4n) is 7.80. The van der Waals surface area contributed by atoms with E-state index in [0.29, 0.717) is 0 Å². The van der Waals surface area contributed by atoms with E-state index in [1.165, 1.54) is 32.1 Å². The van der Waals surface area contributed by atoms with Gasteiger partial charge in [0.1, 0.15) is 52.7 Å². The molecule has 4 aromatic carbocycles. The van der Waals surface area contributed by atoms with Gasteiger partial charge in [0.05, 0.1) is 18.1 Å². The lowest BCUT2D eigenvalue weighted by atomic mass is 9.12. The summed E-state index contributed by atoms with van der Waals surface area (Å²) in [4.78, 5) is 1.83. The van der Waals surface area contributed by atoms with Gasteiger partial charge in [0.25, 0.3) is 0 Å². The summed E-state index contributed by atoms with van der Waals surface area (Å²) >= 11 is 0. The van der Waals surface area contributed by atoms with Gasteiger partial charge in [-0.1, -0.05) is 6.42 Å². The summed E-state index contributed by atoms with van der Waals surface area (Å²) in [6.07, 6.45) is 0.839. The van der Waals surface area contributed by atoms with Gasteiger partial charge in [-0.2, -0.15) is 0 Å². The average Bonchev–Trinajstić information content (AvgIpc) is 3.09.